The van der Waals surface area contributed by atoms with Gasteiger partial charge in [-0.2, -0.15) is 0 Å². The fraction of sp³-hybridized carbons (Fsp3) is 0.417. The number of rotatable bonds is 5. The fourth-order valence-electron chi connectivity index (χ4n) is 1.28. The molecule has 0 aliphatic carbocycles. The molecule has 0 heterocycles. The summed E-state index contributed by atoms with van der Waals surface area (Å²) in [5.41, 5.74) is 0.000877. The van der Waals surface area contributed by atoms with Gasteiger partial charge in [0.25, 0.3) is 0 Å². The first-order chi connectivity index (χ1) is 7.99. The van der Waals surface area contributed by atoms with Gasteiger partial charge in [0.2, 0.25) is 5.91 Å². The van der Waals surface area contributed by atoms with Crippen molar-refractivity contribution >= 4 is 11.6 Å². The highest BCUT2D eigenvalue weighted by molar-refractivity contribution is 5.90. The Labute approximate surface area is 99.2 Å². The summed E-state index contributed by atoms with van der Waals surface area (Å²) in [7, 11) is 0. The molecule has 94 valence electrons. The second-order valence-electron chi connectivity index (χ2n) is 4.03. The molecule has 0 saturated carbocycles. The van der Waals surface area contributed by atoms with Gasteiger partial charge in [0.05, 0.1) is 5.69 Å². The van der Waals surface area contributed by atoms with Crippen LogP contribution in [-0.4, -0.2) is 18.5 Å². The van der Waals surface area contributed by atoms with Gasteiger partial charge in [0.1, 0.15) is 11.6 Å². The molecule has 0 bridgehead atoms. The quantitative estimate of drug-likeness (QED) is 0.831. The lowest BCUT2D eigenvalue weighted by molar-refractivity contribution is -0.116. The van der Waals surface area contributed by atoms with Crippen molar-refractivity contribution in [3.63, 3.8) is 0 Å². The molecule has 0 atom stereocenters. The van der Waals surface area contributed by atoms with Gasteiger partial charge in [0, 0.05) is 25.1 Å². The highest BCUT2D eigenvalue weighted by Gasteiger charge is 2.07. The zero-order chi connectivity index (χ0) is 12.8. The van der Waals surface area contributed by atoms with E-state index < -0.39 is 11.6 Å². The van der Waals surface area contributed by atoms with Crippen molar-refractivity contribution < 1.29 is 13.6 Å². The Morgan fingerprint density at radius 2 is 2.06 bits per heavy atom. The molecule has 0 radical (unpaired) electrons. The largest absolute Gasteiger partial charge is 0.324 e. The van der Waals surface area contributed by atoms with E-state index in [1.165, 1.54) is 6.07 Å². The summed E-state index contributed by atoms with van der Waals surface area (Å²) in [6, 6.07) is 3.34. The van der Waals surface area contributed by atoms with Crippen LogP contribution in [0.2, 0.25) is 0 Å². The van der Waals surface area contributed by atoms with Crippen LogP contribution >= 0.6 is 0 Å². The summed E-state index contributed by atoms with van der Waals surface area (Å²) in [5, 5.41) is 5.46. The third-order valence-electron chi connectivity index (χ3n) is 2.11. The number of anilines is 1. The minimum absolute atomic E-state index is 0.000877. The number of hydrogen-bond acceptors (Lipinski definition) is 2. The lowest BCUT2D eigenvalue weighted by atomic mass is 10.2. The molecule has 1 aromatic carbocycles. The Hall–Kier alpha value is -1.49. The van der Waals surface area contributed by atoms with Crippen LogP contribution in [0, 0.1) is 11.6 Å². The maximum atomic E-state index is 13.2. The first kappa shape index (κ1) is 13.6. The number of halogens is 2. The number of amides is 1. The number of carbonyl (C=O) groups excluding carboxylic acids is 1. The molecule has 0 unspecified atom stereocenters. The second kappa shape index (κ2) is 6.30. The van der Waals surface area contributed by atoms with Crippen LogP contribution in [0.3, 0.4) is 0 Å². The molecule has 0 spiro atoms. The van der Waals surface area contributed by atoms with Crippen LogP contribution in [-0.2, 0) is 4.79 Å². The Kier molecular flexibility index (Phi) is 5.03. The summed E-state index contributed by atoms with van der Waals surface area (Å²) < 4.78 is 25.8. The van der Waals surface area contributed by atoms with Gasteiger partial charge in [-0.15, -0.1) is 0 Å². The molecule has 3 nitrogen and oxygen atoms in total. The summed E-state index contributed by atoms with van der Waals surface area (Å²) in [6.07, 6.45) is 0.245. The van der Waals surface area contributed by atoms with Gasteiger partial charge in [-0.05, 0) is 12.1 Å². The molecule has 0 fully saturated rings. The summed E-state index contributed by atoms with van der Waals surface area (Å²) in [4.78, 5) is 11.4. The zero-order valence-electron chi connectivity index (χ0n) is 9.89. The molecule has 0 aromatic heterocycles. The van der Waals surface area contributed by atoms with Crippen LogP contribution in [0.25, 0.3) is 0 Å². The van der Waals surface area contributed by atoms with Crippen molar-refractivity contribution in [3.05, 3.63) is 29.8 Å². The first-order valence-corrected chi connectivity index (χ1v) is 5.47. The molecule has 17 heavy (non-hydrogen) atoms. The molecule has 0 aliphatic heterocycles. The van der Waals surface area contributed by atoms with E-state index in [0.717, 1.165) is 12.1 Å². The number of hydrogen-bond donors (Lipinski definition) is 2. The van der Waals surface area contributed by atoms with Gasteiger partial charge < -0.3 is 10.6 Å². The Morgan fingerprint density at radius 1 is 1.35 bits per heavy atom. The molecular weight excluding hydrogens is 226 g/mol. The lowest BCUT2D eigenvalue weighted by Gasteiger charge is -2.09. The standard InChI is InChI=1S/C12H16F2N2O/c1-8(2)15-6-5-12(17)16-11-4-3-9(13)7-10(11)14/h3-4,7-8,15H,5-6H2,1-2H3,(H,16,17). The number of benzene rings is 1. The SMILES string of the molecule is CC(C)NCCC(=O)Nc1ccc(F)cc1F. The van der Waals surface area contributed by atoms with Crippen molar-refractivity contribution in [1.82, 2.24) is 5.32 Å². The van der Waals surface area contributed by atoms with Crippen molar-refractivity contribution in [1.29, 1.82) is 0 Å². The van der Waals surface area contributed by atoms with Crippen LogP contribution in [0.4, 0.5) is 14.5 Å². The number of carbonyl (C=O) groups is 1. The van der Waals surface area contributed by atoms with E-state index in [2.05, 4.69) is 10.6 Å². The second-order valence-corrected chi connectivity index (χ2v) is 4.03. The Bertz CT molecular complexity index is 394. The van der Waals surface area contributed by atoms with E-state index in [1.54, 1.807) is 0 Å². The Morgan fingerprint density at radius 3 is 2.65 bits per heavy atom. The minimum Gasteiger partial charge on any atom is -0.324 e. The highest BCUT2D eigenvalue weighted by Crippen LogP contribution is 2.14. The van der Waals surface area contributed by atoms with Crippen LogP contribution < -0.4 is 10.6 Å². The minimum atomic E-state index is -0.768. The third kappa shape index (κ3) is 4.91. The normalized spacial score (nSPS) is 10.6. The third-order valence-corrected chi connectivity index (χ3v) is 2.11. The van der Waals surface area contributed by atoms with Crippen LogP contribution in [0.5, 0.6) is 0 Å². The average Bonchev–Trinajstić information content (AvgIpc) is 2.21. The highest BCUT2D eigenvalue weighted by atomic mass is 19.1. The molecule has 0 saturated heterocycles. The van der Waals surface area contributed by atoms with Gasteiger partial charge in [-0.1, -0.05) is 13.8 Å². The van der Waals surface area contributed by atoms with Crippen molar-refractivity contribution in [3.8, 4) is 0 Å². The molecule has 5 heteroatoms. The summed E-state index contributed by atoms with van der Waals surface area (Å²) >= 11 is 0. The maximum Gasteiger partial charge on any atom is 0.225 e. The predicted octanol–water partition coefficient (Wildman–Crippen LogP) is 2.29. The lowest BCUT2D eigenvalue weighted by Crippen LogP contribution is -2.27. The van der Waals surface area contributed by atoms with Crippen molar-refractivity contribution in [2.75, 3.05) is 11.9 Å². The van der Waals surface area contributed by atoms with E-state index in [4.69, 9.17) is 0 Å². The van der Waals surface area contributed by atoms with Gasteiger partial charge in [-0.3, -0.25) is 4.79 Å². The average molecular weight is 242 g/mol. The summed E-state index contributed by atoms with van der Waals surface area (Å²) in [5.74, 6) is -1.74. The topological polar surface area (TPSA) is 41.1 Å². The Balaban J connectivity index is 2.45. The zero-order valence-corrected chi connectivity index (χ0v) is 9.89. The van der Waals surface area contributed by atoms with E-state index in [1.807, 2.05) is 13.8 Å². The number of nitrogens with one attached hydrogen (secondary N) is 2. The van der Waals surface area contributed by atoms with Gasteiger partial charge in [-0.25, -0.2) is 8.78 Å². The first-order valence-electron chi connectivity index (χ1n) is 5.47. The summed E-state index contributed by atoms with van der Waals surface area (Å²) in [6.45, 7) is 4.46. The predicted molar refractivity (Wildman–Crippen MR) is 62.7 cm³/mol. The van der Waals surface area contributed by atoms with Crippen molar-refractivity contribution in [2.24, 2.45) is 0 Å². The van der Waals surface area contributed by atoms with Crippen molar-refractivity contribution in [2.45, 2.75) is 26.3 Å². The smallest absolute Gasteiger partial charge is 0.225 e. The van der Waals surface area contributed by atoms with Crippen LogP contribution in [0.1, 0.15) is 20.3 Å². The molecular formula is C12H16F2N2O. The maximum absolute atomic E-state index is 13.2. The van der Waals surface area contributed by atoms with E-state index in [-0.39, 0.29) is 18.0 Å². The monoisotopic (exact) mass is 242 g/mol. The van der Waals surface area contributed by atoms with E-state index in [0.29, 0.717) is 12.6 Å². The molecule has 1 aromatic rings. The van der Waals surface area contributed by atoms with Crippen LogP contribution in [0.15, 0.2) is 18.2 Å². The molecule has 1 rings (SSSR count). The fourth-order valence-corrected chi connectivity index (χ4v) is 1.28. The van der Waals surface area contributed by atoms with E-state index >= 15 is 0 Å². The van der Waals surface area contributed by atoms with Gasteiger partial charge in [0.15, 0.2) is 0 Å². The van der Waals surface area contributed by atoms with Gasteiger partial charge >= 0.3 is 0 Å². The molecule has 0 aliphatic rings. The molecule has 2 N–H and O–H groups in total. The van der Waals surface area contributed by atoms with E-state index in [9.17, 15) is 13.6 Å². The molecule has 1 amide bonds.